The minimum absolute atomic E-state index is 0.337. The topological polar surface area (TPSA) is 55.1 Å². The molecule has 1 fully saturated rings. The number of aryl methyl sites for hydroxylation is 1. The van der Waals surface area contributed by atoms with Crippen LogP contribution in [0.5, 0.6) is 0 Å². The number of rotatable bonds is 5. The molecular formula is C16H24N2O. The Morgan fingerprint density at radius 3 is 2.68 bits per heavy atom. The van der Waals surface area contributed by atoms with Gasteiger partial charge in [-0.2, -0.15) is 0 Å². The molecule has 0 aromatic heterocycles. The van der Waals surface area contributed by atoms with Crippen LogP contribution >= 0.6 is 0 Å². The van der Waals surface area contributed by atoms with Crippen molar-refractivity contribution in [3.63, 3.8) is 0 Å². The van der Waals surface area contributed by atoms with Gasteiger partial charge < -0.3 is 11.1 Å². The second-order valence-corrected chi connectivity index (χ2v) is 5.43. The van der Waals surface area contributed by atoms with Crippen LogP contribution in [0.2, 0.25) is 0 Å². The molecule has 0 bridgehead atoms. The van der Waals surface area contributed by atoms with Crippen LogP contribution in [-0.2, 0) is 6.42 Å². The lowest BCUT2D eigenvalue weighted by Crippen LogP contribution is -2.25. The van der Waals surface area contributed by atoms with Gasteiger partial charge in [-0.25, -0.2) is 0 Å². The number of carbonyl (C=O) groups excluding carboxylic acids is 1. The van der Waals surface area contributed by atoms with Crippen molar-refractivity contribution >= 4 is 11.6 Å². The second kappa shape index (κ2) is 6.60. The number of amides is 1. The molecule has 1 aromatic carbocycles. The van der Waals surface area contributed by atoms with Gasteiger partial charge in [0.15, 0.2) is 0 Å². The number of anilines is 1. The Morgan fingerprint density at radius 1 is 1.32 bits per heavy atom. The first-order valence-electron chi connectivity index (χ1n) is 7.40. The normalized spacial score (nSPS) is 16.3. The van der Waals surface area contributed by atoms with Crippen molar-refractivity contribution in [3.05, 3.63) is 29.3 Å². The van der Waals surface area contributed by atoms with Gasteiger partial charge in [0.2, 0.25) is 0 Å². The standard InChI is InChI=1S/C16H24N2O/c1-2-7-12-8-6-11-14(16(17)19)15(12)18-13-9-4-3-5-10-13/h6,8,11,13,18H,2-5,7,9-10H2,1H3,(H2,17,19). The van der Waals surface area contributed by atoms with Gasteiger partial charge in [0.1, 0.15) is 0 Å². The molecule has 1 amide bonds. The summed E-state index contributed by atoms with van der Waals surface area (Å²) >= 11 is 0. The zero-order valence-corrected chi connectivity index (χ0v) is 11.7. The summed E-state index contributed by atoms with van der Waals surface area (Å²) in [5.41, 5.74) is 8.33. The van der Waals surface area contributed by atoms with Gasteiger partial charge in [-0.1, -0.05) is 44.7 Å². The fourth-order valence-corrected chi connectivity index (χ4v) is 2.90. The molecule has 0 spiro atoms. The Balaban J connectivity index is 2.25. The summed E-state index contributed by atoms with van der Waals surface area (Å²) in [6, 6.07) is 6.34. The quantitative estimate of drug-likeness (QED) is 0.851. The second-order valence-electron chi connectivity index (χ2n) is 5.43. The molecule has 0 heterocycles. The van der Waals surface area contributed by atoms with Crippen molar-refractivity contribution in [1.29, 1.82) is 0 Å². The minimum atomic E-state index is -0.337. The van der Waals surface area contributed by atoms with Gasteiger partial charge in [-0.3, -0.25) is 4.79 Å². The van der Waals surface area contributed by atoms with Crippen molar-refractivity contribution in [2.75, 3.05) is 5.32 Å². The van der Waals surface area contributed by atoms with Gasteiger partial charge >= 0.3 is 0 Å². The highest BCUT2D eigenvalue weighted by Gasteiger charge is 2.18. The highest BCUT2D eigenvalue weighted by atomic mass is 16.1. The molecule has 3 heteroatoms. The predicted molar refractivity (Wildman–Crippen MR) is 79.5 cm³/mol. The van der Waals surface area contributed by atoms with Crippen molar-refractivity contribution in [2.24, 2.45) is 5.73 Å². The van der Waals surface area contributed by atoms with Crippen LogP contribution in [0.25, 0.3) is 0 Å². The lowest BCUT2D eigenvalue weighted by atomic mass is 9.94. The first-order chi connectivity index (χ1) is 9.22. The largest absolute Gasteiger partial charge is 0.381 e. The van der Waals surface area contributed by atoms with Crippen molar-refractivity contribution in [3.8, 4) is 0 Å². The summed E-state index contributed by atoms with van der Waals surface area (Å²) in [4.78, 5) is 11.6. The number of primary amides is 1. The first kappa shape index (κ1) is 13.9. The molecule has 0 atom stereocenters. The molecule has 0 unspecified atom stereocenters. The van der Waals surface area contributed by atoms with Crippen LogP contribution in [0, 0.1) is 0 Å². The van der Waals surface area contributed by atoms with E-state index < -0.39 is 0 Å². The van der Waals surface area contributed by atoms with Crippen LogP contribution in [0.15, 0.2) is 18.2 Å². The van der Waals surface area contributed by atoms with Crippen molar-refractivity contribution in [1.82, 2.24) is 0 Å². The van der Waals surface area contributed by atoms with E-state index >= 15 is 0 Å². The molecule has 3 nitrogen and oxygen atoms in total. The molecule has 19 heavy (non-hydrogen) atoms. The molecule has 3 N–H and O–H groups in total. The number of para-hydroxylation sites is 1. The Bertz CT molecular complexity index is 436. The summed E-state index contributed by atoms with van der Waals surface area (Å²) in [7, 11) is 0. The van der Waals surface area contributed by atoms with E-state index in [-0.39, 0.29) is 5.91 Å². The van der Waals surface area contributed by atoms with Crippen LogP contribution < -0.4 is 11.1 Å². The summed E-state index contributed by atoms with van der Waals surface area (Å²) < 4.78 is 0. The maximum absolute atomic E-state index is 11.6. The Kier molecular flexibility index (Phi) is 4.83. The summed E-state index contributed by atoms with van der Waals surface area (Å²) in [5, 5.41) is 3.58. The minimum Gasteiger partial charge on any atom is -0.381 e. The third-order valence-electron chi connectivity index (χ3n) is 3.89. The van der Waals surface area contributed by atoms with Crippen molar-refractivity contribution < 1.29 is 4.79 Å². The average molecular weight is 260 g/mol. The van der Waals surface area contributed by atoms with Gasteiger partial charge in [0, 0.05) is 6.04 Å². The molecule has 1 aromatic rings. The van der Waals surface area contributed by atoms with E-state index in [2.05, 4.69) is 18.3 Å². The molecule has 1 aliphatic carbocycles. The van der Waals surface area contributed by atoms with Crippen LogP contribution in [0.1, 0.15) is 61.4 Å². The smallest absolute Gasteiger partial charge is 0.250 e. The number of nitrogens with two attached hydrogens (primary N) is 1. The third-order valence-corrected chi connectivity index (χ3v) is 3.89. The van der Waals surface area contributed by atoms with E-state index in [9.17, 15) is 4.79 Å². The number of nitrogens with one attached hydrogen (secondary N) is 1. The molecule has 1 saturated carbocycles. The molecule has 0 radical (unpaired) electrons. The number of hydrogen-bond donors (Lipinski definition) is 2. The fourth-order valence-electron chi connectivity index (χ4n) is 2.90. The highest BCUT2D eigenvalue weighted by molar-refractivity contribution is 5.99. The predicted octanol–water partition coefficient (Wildman–Crippen LogP) is 3.48. The Morgan fingerprint density at radius 2 is 2.05 bits per heavy atom. The third kappa shape index (κ3) is 3.49. The van der Waals surface area contributed by atoms with E-state index in [1.807, 2.05) is 12.1 Å². The maximum Gasteiger partial charge on any atom is 0.250 e. The SMILES string of the molecule is CCCc1cccc(C(N)=O)c1NC1CCCCC1. The van der Waals surface area contributed by atoms with Crippen LogP contribution in [0.3, 0.4) is 0 Å². The van der Waals surface area contributed by atoms with Gasteiger partial charge in [-0.15, -0.1) is 0 Å². The van der Waals surface area contributed by atoms with E-state index in [4.69, 9.17) is 5.73 Å². The summed E-state index contributed by atoms with van der Waals surface area (Å²) in [6.07, 6.45) is 8.32. The molecule has 2 rings (SSSR count). The molecule has 0 saturated heterocycles. The zero-order valence-electron chi connectivity index (χ0n) is 11.7. The number of benzene rings is 1. The zero-order chi connectivity index (χ0) is 13.7. The number of carbonyl (C=O) groups is 1. The molecule has 0 aliphatic heterocycles. The van der Waals surface area contributed by atoms with Gasteiger partial charge in [0.05, 0.1) is 11.3 Å². The van der Waals surface area contributed by atoms with E-state index in [1.165, 1.54) is 37.7 Å². The molecule has 104 valence electrons. The van der Waals surface area contributed by atoms with E-state index in [0.29, 0.717) is 11.6 Å². The Labute approximate surface area is 115 Å². The van der Waals surface area contributed by atoms with Crippen LogP contribution in [0.4, 0.5) is 5.69 Å². The number of hydrogen-bond acceptors (Lipinski definition) is 2. The van der Waals surface area contributed by atoms with Crippen LogP contribution in [-0.4, -0.2) is 11.9 Å². The van der Waals surface area contributed by atoms with E-state index in [0.717, 1.165) is 18.5 Å². The fraction of sp³-hybridized carbons (Fsp3) is 0.562. The lowest BCUT2D eigenvalue weighted by Gasteiger charge is -2.26. The van der Waals surface area contributed by atoms with Crippen molar-refractivity contribution in [2.45, 2.75) is 57.9 Å². The highest BCUT2D eigenvalue weighted by Crippen LogP contribution is 2.27. The first-order valence-corrected chi connectivity index (χ1v) is 7.40. The summed E-state index contributed by atoms with van der Waals surface area (Å²) in [6.45, 7) is 2.15. The summed E-state index contributed by atoms with van der Waals surface area (Å²) in [5.74, 6) is -0.337. The Hall–Kier alpha value is -1.51. The molecular weight excluding hydrogens is 236 g/mol. The average Bonchev–Trinajstić information content (AvgIpc) is 2.42. The maximum atomic E-state index is 11.6. The monoisotopic (exact) mass is 260 g/mol. The van der Waals surface area contributed by atoms with Gasteiger partial charge in [0.25, 0.3) is 5.91 Å². The van der Waals surface area contributed by atoms with Gasteiger partial charge in [-0.05, 0) is 30.9 Å². The lowest BCUT2D eigenvalue weighted by molar-refractivity contribution is 0.100. The van der Waals surface area contributed by atoms with E-state index in [1.54, 1.807) is 0 Å². The molecule has 1 aliphatic rings.